The molecule has 0 saturated carbocycles. The SMILES string of the molecule is CC(C)c1cc(N=C=O)cc(C(C)C)c1N1C(=O)c2cc(Oc3ccc(C(C)(C)C)cc3)c3c4ccc5c6c(ccc(c7c(Oc8ccc(C(C)(C)C)cc8)cc(c2c37)C1=O)c64)-c1cc2c(cc1-5)/C=C\c1cc3c(cc1CC2)-c1ccc2c4c(Oc5ccc(C(C)(C)C)cc5)cc5c6c(cc(Oc7ccc(C(C)(C)C)cc7)c(c7ccc-3c1c72)c64)C(=O)N(c1c(C(C)C)cc(N=C=O)cc1C(C)C)C5=O. The zero-order valence-electron chi connectivity index (χ0n) is 82.5. The summed E-state index contributed by atoms with van der Waals surface area (Å²) in [6.07, 6.45) is 9.53. The van der Waals surface area contributed by atoms with E-state index in [0.717, 1.165) is 155 Å². The van der Waals surface area contributed by atoms with E-state index in [1.54, 1.807) is 36.4 Å². The lowest BCUT2D eigenvalue weighted by molar-refractivity contribution is 0.0877. The Morgan fingerprint density at radius 1 is 0.264 bits per heavy atom. The monoisotopic (exact) mass is 1830 g/mol. The van der Waals surface area contributed by atoms with Gasteiger partial charge in [0, 0.05) is 43.1 Å². The predicted octanol–water partition coefficient (Wildman–Crippen LogP) is 33.7. The van der Waals surface area contributed by atoms with Crippen LogP contribution in [-0.4, -0.2) is 35.8 Å². The standard InChI is InChI=1S/C126H106N4O10/c1-63(2)89-53-75(127-61-131)54-90(64(3)4)117(89)129-119(133)97-57-101(137-77-33-25-71(26-34-77)123(9,10)11)111-85-45-41-81-93-49-67-21-23-69-51-95-83-43-47-87-108-88(48-44-84(106(83)108)96(95)52-70(69)24-22-68(67)50-94(93)82-42-46-86(107(85)105(81)82)112-102(58-98(120(129)134)109(97)115(111)112)138-78-35-27-72(28-36-78)124(12,13)14)114-104(140-80-39-31-74(32-40-80)126(18,19)20)60-100-110-99(59-103(113(87)116(110)114)139-79-37-29-73(30-38-79)125(15,16)17)121(135)130(122(100)136)118-91(65(5)6)55-76(128-62-132)56-92(118)66(7)8/h21,23,25-60,63-66H,22,24H2,1-20H3/b23-21-. The summed E-state index contributed by atoms with van der Waals surface area (Å²) in [5.74, 6) is 1.19. The summed E-state index contributed by atoms with van der Waals surface area (Å²) in [6, 6.07) is 74.7. The average molecular weight is 1840 g/mol. The maximum atomic E-state index is 16.4. The van der Waals surface area contributed by atoms with E-state index >= 15 is 19.2 Å². The third kappa shape index (κ3) is 13.6. The van der Waals surface area contributed by atoms with Crippen LogP contribution >= 0.6 is 0 Å². The van der Waals surface area contributed by atoms with Gasteiger partial charge in [0.05, 0.1) is 45.0 Å². The third-order valence-electron chi connectivity index (χ3n) is 30.0. The molecule has 14 heteroatoms. The second-order valence-corrected chi connectivity index (χ2v) is 44.2. The first-order valence-electron chi connectivity index (χ1n) is 48.8. The molecule has 14 nitrogen and oxygen atoms in total. The molecule has 0 spiro atoms. The van der Waals surface area contributed by atoms with E-state index in [9.17, 15) is 9.59 Å². The minimum absolute atomic E-state index is 0.152. The number of ether oxygens (including phenoxy) is 4. The number of nitrogens with zero attached hydrogens (tertiary/aromatic N) is 4. The largest absolute Gasteiger partial charge is 0.457 e. The zero-order valence-corrected chi connectivity index (χ0v) is 82.5. The van der Waals surface area contributed by atoms with E-state index in [2.05, 4.69) is 227 Å². The molecule has 2 aliphatic heterocycles. The number of hydrogen-bond donors (Lipinski definition) is 0. The number of amides is 4. The smallest absolute Gasteiger partial charge is 0.266 e. The number of isocyanates is 2. The van der Waals surface area contributed by atoms with Crippen LogP contribution in [-0.2, 0) is 44.1 Å². The van der Waals surface area contributed by atoms with Crippen molar-refractivity contribution < 1.29 is 47.7 Å². The van der Waals surface area contributed by atoms with Crippen molar-refractivity contribution in [3.8, 4) is 90.5 Å². The number of anilines is 2. The van der Waals surface area contributed by atoms with Crippen molar-refractivity contribution in [1.82, 2.24) is 0 Å². The molecule has 0 atom stereocenters. The van der Waals surface area contributed by atoms with Gasteiger partial charge in [0.1, 0.15) is 46.0 Å². The van der Waals surface area contributed by atoms with Crippen molar-refractivity contribution in [1.29, 1.82) is 0 Å². The second-order valence-electron chi connectivity index (χ2n) is 44.2. The number of rotatable bonds is 16. The molecule has 0 bridgehead atoms. The lowest BCUT2D eigenvalue weighted by atomic mass is 9.82. The Labute approximate surface area is 813 Å². The molecule has 23 rings (SSSR count). The zero-order chi connectivity index (χ0) is 97.7. The molecule has 0 fully saturated rings. The van der Waals surface area contributed by atoms with Gasteiger partial charge in [-0.1, -0.05) is 248 Å². The molecule has 18 aromatic carbocycles. The molecular formula is C126H106N4O10. The van der Waals surface area contributed by atoms with Gasteiger partial charge in [-0.15, -0.1) is 0 Å². The Morgan fingerprint density at radius 3 is 0.729 bits per heavy atom. The molecule has 140 heavy (non-hydrogen) atoms. The van der Waals surface area contributed by atoms with Crippen LogP contribution in [0.4, 0.5) is 22.7 Å². The van der Waals surface area contributed by atoms with E-state index in [-0.39, 0.29) is 45.3 Å². The highest BCUT2D eigenvalue weighted by Gasteiger charge is 2.45. The van der Waals surface area contributed by atoms with Gasteiger partial charge in [-0.2, -0.15) is 9.98 Å². The number of fused-ring (bicyclic) bond motifs is 12. The van der Waals surface area contributed by atoms with Gasteiger partial charge in [-0.05, 0) is 334 Å². The van der Waals surface area contributed by atoms with Crippen LogP contribution in [0.5, 0.6) is 46.0 Å². The molecule has 5 aliphatic rings. The summed E-state index contributed by atoms with van der Waals surface area (Å²) in [5.41, 5.74) is 23.0. The van der Waals surface area contributed by atoms with Gasteiger partial charge in [-0.3, -0.25) is 19.2 Å². The lowest BCUT2D eigenvalue weighted by Crippen LogP contribution is -2.42. The van der Waals surface area contributed by atoms with E-state index in [1.165, 1.54) is 20.9 Å². The van der Waals surface area contributed by atoms with Crippen LogP contribution in [0.15, 0.2) is 228 Å². The molecule has 2 heterocycles. The van der Waals surface area contributed by atoms with Gasteiger partial charge < -0.3 is 18.9 Å². The summed E-state index contributed by atoms with van der Waals surface area (Å²) >= 11 is 0. The third-order valence-corrected chi connectivity index (χ3v) is 30.0. The van der Waals surface area contributed by atoms with Crippen LogP contribution in [0.1, 0.15) is 270 Å². The van der Waals surface area contributed by atoms with Gasteiger partial charge in [0.2, 0.25) is 12.2 Å². The van der Waals surface area contributed by atoms with Crippen LogP contribution in [0.2, 0.25) is 0 Å². The molecule has 0 saturated heterocycles. The first-order valence-corrected chi connectivity index (χ1v) is 48.8. The van der Waals surface area contributed by atoms with Crippen LogP contribution in [0, 0.1) is 0 Å². The maximum absolute atomic E-state index is 16.4. The lowest BCUT2D eigenvalue weighted by Gasteiger charge is -2.33. The van der Waals surface area contributed by atoms with Crippen molar-refractivity contribution in [2.75, 3.05) is 9.80 Å². The molecule has 0 unspecified atom stereocenters. The van der Waals surface area contributed by atoms with Crippen molar-refractivity contribution in [3.05, 3.63) is 307 Å². The predicted molar refractivity (Wildman–Crippen MR) is 568 cm³/mol. The van der Waals surface area contributed by atoms with Crippen LogP contribution in [0.3, 0.4) is 0 Å². The van der Waals surface area contributed by atoms with Crippen molar-refractivity contribution in [2.45, 2.75) is 197 Å². The fourth-order valence-corrected chi connectivity index (χ4v) is 22.9. The number of aryl methyl sites for hydroxylation is 2. The topological polar surface area (TPSA) is 171 Å². The van der Waals surface area contributed by atoms with E-state index in [0.29, 0.717) is 135 Å². The molecule has 0 aromatic heterocycles. The number of hydrogen-bond acceptors (Lipinski definition) is 12. The van der Waals surface area contributed by atoms with Crippen LogP contribution in [0.25, 0.3) is 143 Å². The molecule has 690 valence electrons. The Hall–Kier alpha value is -15.5. The van der Waals surface area contributed by atoms with E-state index < -0.39 is 23.6 Å². The number of carbonyl (C=O) groups is 4. The summed E-state index contributed by atoms with van der Waals surface area (Å²) in [6.45, 7) is 42.3. The summed E-state index contributed by atoms with van der Waals surface area (Å²) in [4.78, 5) is 100. The minimum atomic E-state index is -0.507. The molecule has 3 aliphatic carbocycles. The van der Waals surface area contributed by atoms with Crippen molar-refractivity contribution in [2.24, 2.45) is 9.98 Å². The molecule has 4 amide bonds. The summed E-state index contributed by atoms with van der Waals surface area (Å²) in [5, 5.41) is 13.0. The fourth-order valence-electron chi connectivity index (χ4n) is 22.9. The van der Waals surface area contributed by atoms with Gasteiger partial charge in [-0.25, -0.2) is 19.4 Å². The summed E-state index contributed by atoms with van der Waals surface area (Å²) < 4.78 is 29.5. The van der Waals surface area contributed by atoms with Crippen molar-refractivity contribution >= 4 is 157 Å². The highest BCUT2D eigenvalue weighted by atomic mass is 16.5. The minimum Gasteiger partial charge on any atom is -0.457 e. The number of carbonyl (C=O) groups excluding carboxylic acids is 6. The van der Waals surface area contributed by atoms with Gasteiger partial charge in [0.15, 0.2) is 0 Å². The molecular weight excluding hydrogens is 1730 g/mol. The number of aliphatic imine (C=N–C) groups is 2. The fraction of sp³-hybridized carbons (Fsp3) is 0.238. The van der Waals surface area contributed by atoms with Crippen molar-refractivity contribution in [3.63, 3.8) is 0 Å². The Bertz CT molecular complexity index is 7870. The first kappa shape index (κ1) is 88.5. The molecule has 0 radical (unpaired) electrons. The van der Waals surface area contributed by atoms with E-state index in [1.807, 2.05) is 128 Å². The van der Waals surface area contributed by atoms with Crippen LogP contribution < -0.4 is 28.7 Å². The second kappa shape index (κ2) is 31.5. The Kier molecular flexibility index (Phi) is 19.9. The number of benzene rings is 18. The Balaban J connectivity index is 0.690. The quantitative estimate of drug-likeness (QED) is 0.0298. The maximum Gasteiger partial charge on any atom is 0.266 e. The molecule has 0 N–H and O–H groups in total. The highest BCUT2D eigenvalue weighted by molar-refractivity contribution is 6.48. The normalized spacial score (nSPS) is 14.1. The molecule has 18 aromatic rings. The van der Waals surface area contributed by atoms with E-state index in [4.69, 9.17) is 18.9 Å². The first-order chi connectivity index (χ1) is 66.8. The average Bonchev–Trinajstić information content (AvgIpc) is 1.14. The van der Waals surface area contributed by atoms with Gasteiger partial charge >= 0.3 is 0 Å². The highest BCUT2D eigenvalue weighted by Crippen LogP contribution is 2.62. The summed E-state index contributed by atoms with van der Waals surface area (Å²) in [7, 11) is 0. The van der Waals surface area contributed by atoms with Gasteiger partial charge in [0.25, 0.3) is 23.6 Å². The Morgan fingerprint density at radius 2 is 0.500 bits per heavy atom. The number of imide groups is 2.